The fourth-order valence-corrected chi connectivity index (χ4v) is 9.59. The zero-order valence-corrected chi connectivity index (χ0v) is 35.0. The molecule has 1 aromatic heterocycles. The van der Waals surface area contributed by atoms with Gasteiger partial charge in [-0.2, -0.15) is 0 Å². The molecule has 0 radical (unpaired) electrons. The van der Waals surface area contributed by atoms with Crippen LogP contribution >= 0.6 is 0 Å². The Labute approximate surface area is 344 Å². The van der Waals surface area contributed by atoms with Crippen LogP contribution in [0.5, 0.6) is 0 Å². The first kappa shape index (κ1) is 36.4. The van der Waals surface area contributed by atoms with Gasteiger partial charge in [-0.05, 0) is 140 Å². The average molecular weight is 755 g/mol. The van der Waals surface area contributed by atoms with E-state index in [1.807, 2.05) is 6.07 Å². The van der Waals surface area contributed by atoms with E-state index in [2.05, 4.69) is 199 Å². The summed E-state index contributed by atoms with van der Waals surface area (Å²) in [7, 11) is 0. The van der Waals surface area contributed by atoms with Crippen molar-refractivity contribution >= 4 is 79.2 Å². The molecule has 7 aromatic carbocycles. The normalized spacial score (nSPS) is 13.3. The molecule has 286 valence electrons. The van der Waals surface area contributed by atoms with Gasteiger partial charge in [0, 0.05) is 44.9 Å². The van der Waals surface area contributed by atoms with Crippen LogP contribution in [0.1, 0.15) is 101 Å². The Kier molecular flexibility index (Phi) is 8.67. The lowest BCUT2D eigenvalue weighted by Crippen LogP contribution is -2.61. The molecule has 0 saturated carbocycles. The van der Waals surface area contributed by atoms with Gasteiger partial charge in [0.25, 0.3) is 6.71 Å². The number of furan rings is 1. The van der Waals surface area contributed by atoms with Crippen molar-refractivity contribution in [3.05, 3.63) is 162 Å². The highest BCUT2D eigenvalue weighted by molar-refractivity contribution is 7.00. The summed E-state index contributed by atoms with van der Waals surface area (Å²) in [5.74, 6) is 1.64. The Balaban J connectivity index is 1.23. The van der Waals surface area contributed by atoms with E-state index < -0.39 is 0 Å². The van der Waals surface area contributed by atoms with Gasteiger partial charge in [-0.3, -0.25) is 0 Å². The molecule has 0 aliphatic carbocycles. The molecule has 4 heteroatoms. The van der Waals surface area contributed by atoms with Crippen LogP contribution in [0.3, 0.4) is 0 Å². The third-order valence-corrected chi connectivity index (χ3v) is 12.8. The molecular formula is C54H51BN2O. The molecule has 0 spiro atoms. The Hall–Kier alpha value is -6.00. The van der Waals surface area contributed by atoms with Gasteiger partial charge in [-0.1, -0.05) is 128 Å². The highest BCUT2D eigenvalue weighted by atomic mass is 16.3. The number of nitrogens with zero attached hydrogens (tertiary/aromatic N) is 2. The average Bonchev–Trinajstić information content (AvgIpc) is 3.61. The van der Waals surface area contributed by atoms with E-state index in [1.165, 1.54) is 78.2 Å². The lowest BCUT2D eigenvalue weighted by molar-refractivity contribution is 0.669. The second kappa shape index (κ2) is 13.8. The van der Waals surface area contributed by atoms with Gasteiger partial charge in [0.1, 0.15) is 11.2 Å². The van der Waals surface area contributed by atoms with Crippen LogP contribution in [-0.2, 0) is 0 Å². The molecule has 3 heterocycles. The number of anilines is 6. The maximum atomic E-state index is 6.27. The molecular weight excluding hydrogens is 703 g/mol. The van der Waals surface area contributed by atoms with Gasteiger partial charge in [0.05, 0.1) is 0 Å². The minimum absolute atomic E-state index is 0.0854. The SMILES string of the molecule is CC(C)c1ccc(N2c3ccc(C(C)C)cc3B3c4cc(C(C)C)ccc4N(c4ccc(C(C)C)c(-c5ccc6oc7ccccc7c6c5)c4)c4cccc2c43)cc1. The lowest BCUT2D eigenvalue weighted by atomic mass is 9.33. The molecule has 2 aliphatic rings. The first-order valence-corrected chi connectivity index (χ1v) is 21.2. The van der Waals surface area contributed by atoms with E-state index in [-0.39, 0.29) is 6.71 Å². The van der Waals surface area contributed by atoms with Gasteiger partial charge in [-0.25, -0.2) is 0 Å². The Morgan fingerprint density at radius 1 is 0.431 bits per heavy atom. The molecule has 0 atom stereocenters. The van der Waals surface area contributed by atoms with E-state index in [1.54, 1.807) is 0 Å². The van der Waals surface area contributed by atoms with Crippen molar-refractivity contribution in [1.29, 1.82) is 0 Å². The summed E-state index contributed by atoms with van der Waals surface area (Å²) >= 11 is 0. The van der Waals surface area contributed by atoms with Crippen molar-refractivity contribution in [2.45, 2.75) is 79.1 Å². The van der Waals surface area contributed by atoms with Crippen molar-refractivity contribution in [1.82, 2.24) is 0 Å². The number of hydrogen-bond acceptors (Lipinski definition) is 3. The van der Waals surface area contributed by atoms with Crippen molar-refractivity contribution < 1.29 is 4.42 Å². The second-order valence-corrected chi connectivity index (χ2v) is 17.7. The molecule has 0 fully saturated rings. The predicted molar refractivity (Wildman–Crippen MR) is 250 cm³/mol. The minimum Gasteiger partial charge on any atom is -0.456 e. The summed E-state index contributed by atoms with van der Waals surface area (Å²) < 4.78 is 6.27. The van der Waals surface area contributed by atoms with Gasteiger partial charge >= 0.3 is 0 Å². The standard InChI is InChI=1S/C54H51BN2O/c1-32(2)36-16-21-40(22-17-36)56-48-25-18-37(33(3)4)29-46(48)55-47-30-38(34(5)6)19-26-49(47)57(51-14-11-13-50(56)54(51)55)41-23-24-42(35(7)8)44(31-41)39-20-27-53-45(28-39)43-12-9-10-15-52(43)58-53/h9-35H,1-8H3. The summed E-state index contributed by atoms with van der Waals surface area (Å²) in [5, 5.41) is 2.30. The van der Waals surface area contributed by atoms with Crippen LogP contribution in [0, 0.1) is 0 Å². The molecule has 0 bridgehead atoms. The van der Waals surface area contributed by atoms with Crippen molar-refractivity contribution in [3.63, 3.8) is 0 Å². The summed E-state index contributed by atoms with van der Waals surface area (Å²) in [5.41, 5.74) is 21.2. The summed E-state index contributed by atoms with van der Waals surface area (Å²) in [6.07, 6.45) is 0. The first-order valence-electron chi connectivity index (χ1n) is 21.2. The lowest BCUT2D eigenvalue weighted by Gasteiger charge is -2.44. The van der Waals surface area contributed by atoms with Crippen LogP contribution in [0.25, 0.3) is 33.1 Å². The van der Waals surface area contributed by atoms with E-state index >= 15 is 0 Å². The third-order valence-electron chi connectivity index (χ3n) is 12.8. The molecule has 3 nitrogen and oxygen atoms in total. The van der Waals surface area contributed by atoms with Crippen molar-refractivity contribution in [2.75, 3.05) is 9.80 Å². The predicted octanol–water partition coefficient (Wildman–Crippen LogP) is 13.8. The zero-order valence-electron chi connectivity index (χ0n) is 35.0. The Morgan fingerprint density at radius 2 is 1.00 bits per heavy atom. The quantitative estimate of drug-likeness (QED) is 0.151. The van der Waals surface area contributed by atoms with Crippen LogP contribution in [0.2, 0.25) is 0 Å². The van der Waals surface area contributed by atoms with Crippen molar-refractivity contribution in [2.24, 2.45) is 0 Å². The largest absolute Gasteiger partial charge is 0.456 e. The number of fused-ring (bicyclic) bond motifs is 7. The second-order valence-electron chi connectivity index (χ2n) is 17.7. The first-order chi connectivity index (χ1) is 28.1. The van der Waals surface area contributed by atoms with Crippen LogP contribution < -0.4 is 26.2 Å². The summed E-state index contributed by atoms with van der Waals surface area (Å²) in [4.78, 5) is 5.07. The topological polar surface area (TPSA) is 19.6 Å². The fourth-order valence-electron chi connectivity index (χ4n) is 9.59. The molecule has 8 aromatic rings. The highest BCUT2D eigenvalue weighted by Crippen LogP contribution is 2.46. The molecule has 0 amide bonds. The Morgan fingerprint density at radius 3 is 1.62 bits per heavy atom. The van der Waals surface area contributed by atoms with E-state index in [0.29, 0.717) is 23.7 Å². The maximum Gasteiger partial charge on any atom is 0.252 e. The van der Waals surface area contributed by atoms with Crippen molar-refractivity contribution in [3.8, 4) is 11.1 Å². The van der Waals surface area contributed by atoms with E-state index in [9.17, 15) is 0 Å². The van der Waals surface area contributed by atoms with Crippen LogP contribution in [0.4, 0.5) is 34.1 Å². The summed E-state index contributed by atoms with van der Waals surface area (Å²) in [6, 6.07) is 52.9. The monoisotopic (exact) mass is 754 g/mol. The molecule has 58 heavy (non-hydrogen) atoms. The number of rotatable bonds is 7. The van der Waals surface area contributed by atoms with Crippen LogP contribution in [-0.4, -0.2) is 6.71 Å². The number of para-hydroxylation sites is 1. The Bertz CT molecular complexity index is 2880. The third kappa shape index (κ3) is 5.71. The van der Waals surface area contributed by atoms with E-state index in [4.69, 9.17) is 4.42 Å². The van der Waals surface area contributed by atoms with Gasteiger partial charge in [0.2, 0.25) is 0 Å². The maximum absolute atomic E-state index is 6.27. The smallest absolute Gasteiger partial charge is 0.252 e. The number of hydrogen-bond donors (Lipinski definition) is 0. The molecule has 10 rings (SSSR count). The van der Waals surface area contributed by atoms with Gasteiger partial charge in [-0.15, -0.1) is 0 Å². The highest BCUT2D eigenvalue weighted by Gasteiger charge is 2.43. The molecule has 0 saturated heterocycles. The number of benzene rings is 7. The minimum atomic E-state index is 0.0854. The van der Waals surface area contributed by atoms with Gasteiger partial charge in [0.15, 0.2) is 0 Å². The molecule has 0 unspecified atom stereocenters. The summed E-state index contributed by atoms with van der Waals surface area (Å²) in [6.45, 7) is 18.5. The van der Waals surface area contributed by atoms with Gasteiger partial charge < -0.3 is 14.2 Å². The molecule has 0 N–H and O–H groups in total. The van der Waals surface area contributed by atoms with Crippen LogP contribution in [0.15, 0.2) is 144 Å². The molecule has 2 aliphatic heterocycles. The zero-order chi connectivity index (χ0) is 40.0. The fraction of sp³-hybridized carbons (Fsp3) is 0.222. The van der Waals surface area contributed by atoms with E-state index in [0.717, 1.165) is 27.6 Å².